The van der Waals surface area contributed by atoms with Crippen LogP contribution in [-0.4, -0.2) is 46.9 Å². The Morgan fingerprint density at radius 1 is 0.722 bits per heavy atom. The van der Waals surface area contributed by atoms with Gasteiger partial charge in [-0.1, -0.05) is 13.2 Å². The average Bonchev–Trinajstić information content (AvgIpc) is 2.48. The van der Waals surface area contributed by atoms with E-state index in [4.69, 9.17) is 20.4 Å². The zero-order chi connectivity index (χ0) is 15.4. The molecule has 4 N–H and O–H groups in total. The summed E-state index contributed by atoms with van der Waals surface area (Å²) in [4.78, 5) is 0. The maximum atomic E-state index is 8.50. The summed E-state index contributed by atoms with van der Waals surface area (Å²) in [5.74, 6) is 0. The molecule has 0 heterocycles. The quantitative estimate of drug-likeness (QED) is 0.420. The van der Waals surface area contributed by atoms with E-state index >= 15 is 0 Å². The highest BCUT2D eigenvalue weighted by Gasteiger charge is 2.26. The van der Waals surface area contributed by atoms with Crippen LogP contribution in [0.4, 0.5) is 0 Å². The maximum absolute atomic E-state index is 8.50. The van der Waals surface area contributed by atoms with Crippen molar-refractivity contribution in [2.24, 2.45) is 5.41 Å². The molecule has 108 valence electrons. The van der Waals surface area contributed by atoms with Gasteiger partial charge in [0.1, 0.15) is 0 Å². The molecule has 0 aliphatic heterocycles. The first-order valence-corrected chi connectivity index (χ1v) is 4.97. The van der Waals surface area contributed by atoms with Crippen LogP contribution in [-0.2, 0) is 4.74 Å². The lowest BCUT2D eigenvalue weighted by Crippen LogP contribution is -2.37. The number of aliphatic hydroxyl groups excluding tert-OH is 4. The smallest absolute Gasteiger partial charge is 0.0829 e. The summed E-state index contributed by atoms with van der Waals surface area (Å²) in [6.07, 6.45) is 2.62. The van der Waals surface area contributed by atoms with Gasteiger partial charge in [-0.15, -0.1) is 26.3 Å². The second kappa shape index (κ2) is 24.7. The SMILES string of the molecule is C=C.C=C.C=COC=C.OCC(CO)(CO)CO. The summed E-state index contributed by atoms with van der Waals surface area (Å²) < 4.78 is 4.36. The first-order valence-electron chi connectivity index (χ1n) is 4.97. The maximum Gasteiger partial charge on any atom is 0.0829 e. The number of rotatable bonds is 6. The van der Waals surface area contributed by atoms with E-state index in [1.807, 2.05) is 0 Å². The molecule has 18 heavy (non-hydrogen) atoms. The second-order valence-electron chi connectivity index (χ2n) is 2.60. The molecule has 0 aromatic heterocycles. The number of aliphatic hydroxyl groups is 4. The van der Waals surface area contributed by atoms with E-state index in [0.717, 1.165) is 0 Å². The summed E-state index contributed by atoms with van der Waals surface area (Å²) in [6, 6.07) is 0. The molecule has 5 heteroatoms. The zero-order valence-electron chi connectivity index (χ0n) is 10.9. The Balaban J connectivity index is -0.0000000925. The summed E-state index contributed by atoms with van der Waals surface area (Å²) in [6.45, 7) is 16.9. The molecule has 5 nitrogen and oxygen atoms in total. The van der Waals surface area contributed by atoms with Gasteiger partial charge in [-0.2, -0.15) is 0 Å². The third kappa shape index (κ3) is 17.0. The van der Waals surface area contributed by atoms with E-state index in [1.165, 1.54) is 12.5 Å². The van der Waals surface area contributed by atoms with Gasteiger partial charge >= 0.3 is 0 Å². The Bertz CT molecular complexity index is 141. The van der Waals surface area contributed by atoms with Crippen molar-refractivity contribution >= 4 is 0 Å². The molecule has 0 aliphatic carbocycles. The molecule has 0 radical (unpaired) electrons. The predicted molar refractivity (Wildman–Crippen MR) is 74.8 cm³/mol. The van der Waals surface area contributed by atoms with Gasteiger partial charge in [0.05, 0.1) is 44.4 Å². The van der Waals surface area contributed by atoms with Crippen molar-refractivity contribution in [3.8, 4) is 0 Å². The zero-order valence-corrected chi connectivity index (χ0v) is 10.9. The van der Waals surface area contributed by atoms with Crippen LogP contribution >= 0.6 is 0 Å². The van der Waals surface area contributed by atoms with Gasteiger partial charge in [0.15, 0.2) is 0 Å². The average molecular weight is 262 g/mol. The predicted octanol–water partition coefficient (Wildman–Crippen LogP) is 0.836. The van der Waals surface area contributed by atoms with Gasteiger partial charge in [-0.05, 0) is 0 Å². The van der Waals surface area contributed by atoms with E-state index in [1.54, 1.807) is 0 Å². The fourth-order valence-corrected chi connectivity index (χ4v) is 0.368. The minimum atomic E-state index is -1.11. The molecule has 0 unspecified atom stereocenters. The summed E-state index contributed by atoms with van der Waals surface area (Å²) in [5, 5.41) is 34.0. The molecule has 0 atom stereocenters. The summed E-state index contributed by atoms with van der Waals surface area (Å²) >= 11 is 0. The normalized spacial score (nSPS) is 8.00. The van der Waals surface area contributed by atoms with Crippen LogP contribution in [0.5, 0.6) is 0 Å². The van der Waals surface area contributed by atoms with E-state index in [0.29, 0.717) is 0 Å². The van der Waals surface area contributed by atoms with Crippen molar-refractivity contribution in [3.63, 3.8) is 0 Å². The van der Waals surface area contributed by atoms with E-state index in [9.17, 15) is 0 Å². The molecule has 0 spiro atoms. The van der Waals surface area contributed by atoms with Gasteiger partial charge < -0.3 is 25.2 Å². The third-order valence-electron chi connectivity index (χ3n) is 1.53. The van der Waals surface area contributed by atoms with E-state index in [2.05, 4.69) is 44.2 Å². The lowest BCUT2D eigenvalue weighted by Gasteiger charge is -2.23. The van der Waals surface area contributed by atoms with E-state index < -0.39 is 31.8 Å². The minimum absolute atomic E-state index is 0.406. The third-order valence-corrected chi connectivity index (χ3v) is 1.53. The highest BCUT2D eigenvalue weighted by atomic mass is 16.5. The van der Waals surface area contributed by atoms with E-state index in [-0.39, 0.29) is 0 Å². The van der Waals surface area contributed by atoms with Crippen molar-refractivity contribution in [1.82, 2.24) is 0 Å². The fraction of sp³-hybridized carbons (Fsp3) is 0.385. The Morgan fingerprint density at radius 3 is 0.944 bits per heavy atom. The molecule has 0 amide bonds. The minimum Gasteiger partial charge on any atom is -0.474 e. The van der Waals surface area contributed by atoms with Crippen LogP contribution in [0.15, 0.2) is 52.0 Å². The van der Waals surface area contributed by atoms with Gasteiger partial charge in [-0.3, -0.25) is 0 Å². The van der Waals surface area contributed by atoms with Crippen molar-refractivity contribution in [2.75, 3.05) is 26.4 Å². The van der Waals surface area contributed by atoms with Crippen molar-refractivity contribution in [1.29, 1.82) is 0 Å². The molecule has 0 bridgehead atoms. The molecule has 0 aromatic carbocycles. The van der Waals surface area contributed by atoms with Gasteiger partial charge in [-0.25, -0.2) is 0 Å². The van der Waals surface area contributed by atoms with Gasteiger partial charge in [0.25, 0.3) is 0 Å². The van der Waals surface area contributed by atoms with Crippen LogP contribution in [0.25, 0.3) is 0 Å². The molecule has 0 saturated carbocycles. The first-order chi connectivity index (χ1) is 8.66. The lowest BCUT2D eigenvalue weighted by atomic mass is 9.93. The topological polar surface area (TPSA) is 90.2 Å². The molecular weight excluding hydrogens is 236 g/mol. The number of hydrogen-bond donors (Lipinski definition) is 4. The Hall–Kier alpha value is -1.40. The lowest BCUT2D eigenvalue weighted by molar-refractivity contribution is -0.0328. The van der Waals surface area contributed by atoms with Crippen molar-refractivity contribution in [3.05, 3.63) is 52.0 Å². The summed E-state index contributed by atoms with van der Waals surface area (Å²) in [7, 11) is 0. The Kier molecular flexibility index (Phi) is 34.9. The van der Waals surface area contributed by atoms with Crippen molar-refractivity contribution < 1.29 is 25.2 Å². The Morgan fingerprint density at radius 2 is 0.944 bits per heavy atom. The van der Waals surface area contributed by atoms with Crippen LogP contribution < -0.4 is 0 Å². The van der Waals surface area contributed by atoms with Crippen LogP contribution in [0.3, 0.4) is 0 Å². The number of hydrogen-bond acceptors (Lipinski definition) is 5. The second-order valence-corrected chi connectivity index (χ2v) is 2.60. The molecular formula is C13H26O5. The monoisotopic (exact) mass is 262 g/mol. The van der Waals surface area contributed by atoms with Crippen LogP contribution in [0.2, 0.25) is 0 Å². The van der Waals surface area contributed by atoms with Crippen molar-refractivity contribution in [2.45, 2.75) is 0 Å². The molecule has 0 aromatic rings. The Labute approximate surface area is 110 Å². The van der Waals surface area contributed by atoms with Crippen LogP contribution in [0.1, 0.15) is 0 Å². The summed E-state index contributed by atoms with van der Waals surface area (Å²) in [5.41, 5.74) is -1.11. The fourth-order valence-electron chi connectivity index (χ4n) is 0.368. The highest BCUT2D eigenvalue weighted by molar-refractivity contribution is 4.74. The molecule has 0 fully saturated rings. The number of ether oxygens (including phenoxy) is 1. The highest BCUT2D eigenvalue weighted by Crippen LogP contribution is 2.11. The van der Waals surface area contributed by atoms with Gasteiger partial charge in [0, 0.05) is 0 Å². The van der Waals surface area contributed by atoms with Crippen LogP contribution in [0, 0.1) is 5.41 Å². The first kappa shape index (κ1) is 25.4. The standard InChI is InChI=1S/C5H12O4.C4H6O.2C2H4/c6-1-5(2-7,3-8)4-9;1-3-5-4-2;2*1-2/h6-9H,1-4H2;3-4H,1-2H2;2*1-2H2. The largest absolute Gasteiger partial charge is 0.474 e. The molecule has 0 saturated heterocycles. The molecule has 0 rings (SSSR count). The van der Waals surface area contributed by atoms with Gasteiger partial charge in [0.2, 0.25) is 0 Å². The molecule has 0 aliphatic rings.